The van der Waals surface area contributed by atoms with E-state index in [1.165, 1.54) is 62.5 Å². The molecule has 5 heteroatoms. The molecule has 1 aliphatic carbocycles. The SMILES string of the molecule is C=C(C)C=O.C=C(CO)C(=O)OCCC(O)Cc1ccc(C2CCC(CCCCC)CC2)c(CC)c1. The topological polar surface area (TPSA) is 83.8 Å². The molecule has 0 saturated heterocycles. The third-order valence-corrected chi connectivity index (χ3v) is 6.93. The molecule has 0 bridgehead atoms. The lowest BCUT2D eigenvalue weighted by atomic mass is 9.75. The third kappa shape index (κ3) is 12.1. The van der Waals surface area contributed by atoms with E-state index in [2.05, 4.69) is 45.2 Å². The van der Waals surface area contributed by atoms with E-state index in [-0.39, 0.29) is 12.2 Å². The van der Waals surface area contributed by atoms with Gasteiger partial charge in [0.2, 0.25) is 0 Å². The van der Waals surface area contributed by atoms with E-state index in [0.29, 0.717) is 24.3 Å². The van der Waals surface area contributed by atoms with Gasteiger partial charge in [-0.05, 0) is 79.5 Å². The molecule has 2 rings (SSSR count). The van der Waals surface area contributed by atoms with Gasteiger partial charge in [0, 0.05) is 6.42 Å². The average molecular weight is 501 g/mol. The summed E-state index contributed by atoms with van der Waals surface area (Å²) in [7, 11) is 0. The minimum atomic E-state index is -0.604. The Labute approximate surface area is 218 Å². The van der Waals surface area contributed by atoms with Gasteiger partial charge in [-0.3, -0.25) is 4.79 Å². The highest BCUT2D eigenvalue weighted by Gasteiger charge is 2.23. The second-order valence-corrected chi connectivity index (χ2v) is 10.1. The van der Waals surface area contributed by atoms with Crippen molar-refractivity contribution < 1.29 is 24.5 Å². The number of aldehydes is 1. The van der Waals surface area contributed by atoms with Crippen molar-refractivity contribution in [2.45, 2.75) is 103 Å². The molecule has 1 aromatic rings. The number of ether oxygens (including phenoxy) is 1. The molecule has 1 aliphatic rings. The van der Waals surface area contributed by atoms with Crippen LogP contribution in [0.15, 0.2) is 42.5 Å². The molecule has 2 N–H and O–H groups in total. The van der Waals surface area contributed by atoms with Crippen molar-refractivity contribution in [1.29, 1.82) is 0 Å². The van der Waals surface area contributed by atoms with Gasteiger partial charge in [-0.2, -0.15) is 0 Å². The maximum Gasteiger partial charge on any atom is 0.335 e. The van der Waals surface area contributed by atoms with Gasteiger partial charge in [0.1, 0.15) is 6.29 Å². The lowest BCUT2D eigenvalue weighted by Gasteiger charge is -2.30. The summed E-state index contributed by atoms with van der Waals surface area (Å²) in [5, 5.41) is 19.2. The zero-order valence-electron chi connectivity index (χ0n) is 22.8. The minimum Gasteiger partial charge on any atom is -0.462 e. The lowest BCUT2D eigenvalue weighted by Crippen LogP contribution is -2.18. The fourth-order valence-corrected chi connectivity index (χ4v) is 4.76. The van der Waals surface area contributed by atoms with Crippen LogP contribution in [0, 0.1) is 5.92 Å². The number of aliphatic hydroxyl groups is 2. The molecule has 36 heavy (non-hydrogen) atoms. The van der Waals surface area contributed by atoms with Crippen LogP contribution in [-0.4, -0.2) is 41.8 Å². The Morgan fingerprint density at radius 1 is 1.17 bits per heavy atom. The molecule has 0 spiro atoms. The predicted octanol–water partition coefficient (Wildman–Crippen LogP) is 6.25. The maximum absolute atomic E-state index is 11.5. The number of aliphatic hydroxyl groups excluding tert-OH is 2. The van der Waals surface area contributed by atoms with E-state index in [4.69, 9.17) is 9.84 Å². The number of benzene rings is 1. The van der Waals surface area contributed by atoms with Gasteiger partial charge >= 0.3 is 5.97 Å². The van der Waals surface area contributed by atoms with E-state index >= 15 is 0 Å². The van der Waals surface area contributed by atoms with Gasteiger partial charge in [-0.1, -0.05) is 70.9 Å². The average Bonchev–Trinajstić information content (AvgIpc) is 2.89. The van der Waals surface area contributed by atoms with Crippen LogP contribution in [0.2, 0.25) is 0 Å². The Bertz CT molecular complexity index is 820. The number of aryl methyl sites for hydroxylation is 1. The zero-order valence-corrected chi connectivity index (χ0v) is 22.8. The number of hydrogen-bond acceptors (Lipinski definition) is 5. The molecule has 1 unspecified atom stereocenters. The first-order valence-electron chi connectivity index (χ1n) is 13.6. The van der Waals surface area contributed by atoms with Crippen molar-refractivity contribution in [1.82, 2.24) is 0 Å². The molecule has 0 radical (unpaired) electrons. The van der Waals surface area contributed by atoms with Gasteiger partial charge in [0.05, 0.1) is 24.9 Å². The highest BCUT2D eigenvalue weighted by atomic mass is 16.5. The molecule has 0 aromatic heterocycles. The highest BCUT2D eigenvalue weighted by Crippen LogP contribution is 2.39. The van der Waals surface area contributed by atoms with Crippen LogP contribution in [0.25, 0.3) is 0 Å². The number of carbonyl (C=O) groups excluding carboxylic acids is 2. The molecule has 1 saturated carbocycles. The summed E-state index contributed by atoms with van der Waals surface area (Å²) in [5.41, 5.74) is 4.65. The normalized spacial score (nSPS) is 17.9. The van der Waals surface area contributed by atoms with Crippen LogP contribution in [0.3, 0.4) is 0 Å². The number of unbranched alkanes of at least 4 members (excludes halogenated alkanes) is 2. The summed E-state index contributed by atoms with van der Waals surface area (Å²) in [4.78, 5) is 20.9. The van der Waals surface area contributed by atoms with Crippen LogP contribution in [0.4, 0.5) is 0 Å². The van der Waals surface area contributed by atoms with Crippen LogP contribution >= 0.6 is 0 Å². The summed E-state index contributed by atoms with van der Waals surface area (Å²) in [5.74, 6) is 0.994. The zero-order chi connectivity index (χ0) is 26.9. The van der Waals surface area contributed by atoms with Crippen molar-refractivity contribution in [3.63, 3.8) is 0 Å². The Hall–Kier alpha value is -2.24. The van der Waals surface area contributed by atoms with Crippen molar-refractivity contribution in [3.8, 4) is 0 Å². The first-order chi connectivity index (χ1) is 17.2. The predicted molar refractivity (Wildman–Crippen MR) is 147 cm³/mol. The molecular weight excluding hydrogens is 452 g/mol. The van der Waals surface area contributed by atoms with Gasteiger partial charge in [-0.15, -0.1) is 0 Å². The molecule has 5 nitrogen and oxygen atoms in total. The third-order valence-electron chi connectivity index (χ3n) is 6.93. The Morgan fingerprint density at radius 3 is 2.39 bits per heavy atom. The van der Waals surface area contributed by atoms with Crippen LogP contribution in [0.5, 0.6) is 0 Å². The minimum absolute atomic E-state index is 0.0349. The molecule has 0 aliphatic heterocycles. The Morgan fingerprint density at radius 2 is 1.83 bits per heavy atom. The molecule has 1 atom stereocenters. The van der Waals surface area contributed by atoms with Crippen molar-refractivity contribution >= 4 is 12.3 Å². The van der Waals surface area contributed by atoms with E-state index in [1.807, 2.05) is 0 Å². The van der Waals surface area contributed by atoms with Gasteiger partial charge in [-0.25, -0.2) is 4.79 Å². The number of esters is 1. The van der Waals surface area contributed by atoms with Crippen LogP contribution in [0.1, 0.15) is 101 Å². The Kier molecular flexibility index (Phi) is 16.0. The molecule has 0 heterocycles. The van der Waals surface area contributed by atoms with Crippen molar-refractivity contribution in [2.24, 2.45) is 5.92 Å². The van der Waals surface area contributed by atoms with Crippen molar-refractivity contribution in [2.75, 3.05) is 13.2 Å². The number of allylic oxidation sites excluding steroid dienone is 1. The monoisotopic (exact) mass is 500 g/mol. The van der Waals surface area contributed by atoms with Gasteiger partial charge in [0.15, 0.2) is 0 Å². The molecular formula is C31H48O5. The highest BCUT2D eigenvalue weighted by molar-refractivity contribution is 5.87. The molecule has 1 fully saturated rings. The van der Waals surface area contributed by atoms with E-state index in [9.17, 15) is 14.7 Å². The van der Waals surface area contributed by atoms with E-state index < -0.39 is 18.7 Å². The first-order valence-corrected chi connectivity index (χ1v) is 13.6. The van der Waals surface area contributed by atoms with Gasteiger partial charge < -0.3 is 14.9 Å². The molecule has 202 valence electrons. The Balaban J connectivity index is 0.00000118. The summed E-state index contributed by atoms with van der Waals surface area (Å²) < 4.78 is 5.03. The van der Waals surface area contributed by atoms with E-state index in [0.717, 1.165) is 24.2 Å². The molecule has 0 amide bonds. The smallest absolute Gasteiger partial charge is 0.335 e. The molecule has 1 aromatic carbocycles. The largest absolute Gasteiger partial charge is 0.462 e. The fourth-order valence-electron chi connectivity index (χ4n) is 4.76. The van der Waals surface area contributed by atoms with E-state index in [1.54, 1.807) is 6.92 Å². The van der Waals surface area contributed by atoms with Crippen molar-refractivity contribution in [3.05, 3.63) is 59.2 Å². The number of hydrogen-bond donors (Lipinski definition) is 2. The second kappa shape index (κ2) is 18.1. The lowest BCUT2D eigenvalue weighted by molar-refractivity contribution is -0.140. The van der Waals surface area contributed by atoms with Crippen LogP contribution in [-0.2, 0) is 27.2 Å². The number of rotatable bonds is 14. The summed E-state index contributed by atoms with van der Waals surface area (Å²) >= 11 is 0. The standard InChI is InChI=1S/C27H42O4.C4H6O/c1-4-6-7-8-21-9-12-24(13-10-21)26-14-11-22(17-23(26)5-2)18-25(29)15-16-31-27(30)20(3)19-28;1-4(2)3-5/h11,14,17,21,24-25,28-29H,3-10,12-13,15-16,18-19H2,1-2H3;3H,1H2,2H3. The summed E-state index contributed by atoms with van der Waals surface area (Å²) in [6.45, 7) is 12.6. The summed E-state index contributed by atoms with van der Waals surface area (Å²) in [6.07, 6.45) is 12.9. The second-order valence-electron chi connectivity index (χ2n) is 10.1. The van der Waals surface area contributed by atoms with Crippen LogP contribution < -0.4 is 0 Å². The maximum atomic E-state index is 11.5. The first kappa shape index (κ1) is 31.8. The fraction of sp³-hybridized carbons (Fsp3) is 0.613. The van der Waals surface area contributed by atoms with Gasteiger partial charge in [0.25, 0.3) is 0 Å². The number of carbonyl (C=O) groups is 2. The summed E-state index contributed by atoms with van der Waals surface area (Å²) in [6, 6.07) is 6.70. The quantitative estimate of drug-likeness (QED) is 0.137.